The third-order valence-corrected chi connectivity index (χ3v) is 2.96. The number of aromatic amines is 1. The summed E-state index contributed by atoms with van der Waals surface area (Å²) in [7, 11) is 0. The quantitative estimate of drug-likeness (QED) is 0.742. The normalized spacial score (nSPS) is 11.6. The smallest absolute Gasteiger partial charge is 0.407 e. The van der Waals surface area contributed by atoms with E-state index >= 15 is 0 Å². The Morgan fingerprint density at radius 1 is 1.24 bits per heavy atom. The number of carbonyl (C=O) groups excluding carboxylic acids is 1. The summed E-state index contributed by atoms with van der Waals surface area (Å²) in [5.74, 6) is 0. The molecule has 1 aromatic heterocycles. The topological polar surface area (TPSA) is 66.2 Å². The van der Waals surface area contributed by atoms with Crippen molar-refractivity contribution in [2.45, 2.75) is 32.9 Å². The van der Waals surface area contributed by atoms with E-state index in [1.54, 1.807) is 0 Å². The number of para-hydroxylation sites is 1. The van der Waals surface area contributed by atoms with Gasteiger partial charge in [-0.2, -0.15) is 0 Å². The van der Waals surface area contributed by atoms with Crippen molar-refractivity contribution in [3.63, 3.8) is 0 Å². The molecule has 0 spiro atoms. The Labute approximate surface area is 125 Å². The summed E-state index contributed by atoms with van der Waals surface area (Å²) in [6, 6.07) is 8.20. The molecule has 0 bridgehead atoms. The molecular formula is C16H23N3O2. The summed E-state index contributed by atoms with van der Waals surface area (Å²) in [6.07, 6.45) is 1.63. The lowest BCUT2D eigenvalue weighted by atomic mass is 10.2. The Hall–Kier alpha value is -2.01. The SMILES string of the molecule is CC(C)(C)OC(=O)NCCNCc1c[nH]c2ccccc12. The number of H-pyrrole nitrogens is 1. The zero-order valence-corrected chi connectivity index (χ0v) is 12.8. The average molecular weight is 289 g/mol. The van der Waals surface area contributed by atoms with Gasteiger partial charge in [0.15, 0.2) is 0 Å². The van der Waals surface area contributed by atoms with Gasteiger partial charge in [0.2, 0.25) is 0 Å². The summed E-state index contributed by atoms with van der Waals surface area (Å²) in [4.78, 5) is 14.7. The van der Waals surface area contributed by atoms with Crippen molar-refractivity contribution >= 4 is 17.0 Å². The molecule has 0 aliphatic carbocycles. The first kappa shape index (κ1) is 15.4. The van der Waals surface area contributed by atoms with Crippen molar-refractivity contribution in [1.29, 1.82) is 0 Å². The second-order valence-electron chi connectivity index (χ2n) is 5.96. The molecule has 5 nitrogen and oxygen atoms in total. The lowest BCUT2D eigenvalue weighted by Gasteiger charge is -2.19. The fourth-order valence-electron chi connectivity index (χ4n) is 2.07. The molecule has 0 fully saturated rings. The largest absolute Gasteiger partial charge is 0.444 e. The van der Waals surface area contributed by atoms with E-state index in [2.05, 4.69) is 27.8 Å². The number of fused-ring (bicyclic) bond motifs is 1. The summed E-state index contributed by atoms with van der Waals surface area (Å²) in [5, 5.41) is 7.26. The number of amides is 1. The summed E-state index contributed by atoms with van der Waals surface area (Å²) in [6.45, 7) is 7.54. The minimum absolute atomic E-state index is 0.378. The van der Waals surface area contributed by atoms with Crippen LogP contribution in [-0.4, -0.2) is 29.8 Å². The molecule has 5 heteroatoms. The molecule has 0 unspecified atom stereocenters. The second kappa shape index (κ2) is 6.63. The van der Waals surface area contributed by atoms with Crippen LogP contribution >= 0.6 is 0 Å². The second-order valence-corrected chi connectivity index (χ2v) is 5.96. The van der Waals surface area contributed by atoms with Crippen LogP contribution in [0.4, 0.5) is 4.79 Å². The molecule has 2 rings (SSSR count). The van der Waals surface area contributed by atoms with Crippen molar-refractivity contribution in [3.05, 3.63) is 36.0 Å². The van der Waals surface area contributed by atoms with Crippen molar-refractivity contribution < 1.29 is 9.53 Å². The van der Waals surface area contributed by atoms with Crippen molar-refractivity contribution in [3.8, 4) is 0 Å². The van der Waals surface area contributed by atoms with Crippen molar-refractivity contribution in [2.24, 2.45) is 0 Å². The molecule has 0 saturated carbocycles. The standard InChI is InChI=1S/C16H23N3O2/c1-16(2,3)21-15(20)18-9-8-17-10-12-11-19-14-7-5-4-6-13(12)14/h4-7,11,17,19H,8-10H2,1-3H3,(H,18,20). The van der Waals surface area contributed by atoms with Crippen LogP contribution in [0.2, 0.25) is 0 Å². The van der Waals surface area contributed by atoms with Gasteiger partial charge >= 0.3 is 6.09 Å². The van der Waals surface area contributed by atoms with E-state index in [1.165, 1.54) is 10.9 Å². The van der Waals surface area contributed by atoms with Crippen LogP contribution in [-0.2, 0) is 11.3 Å². The number of hydrogen-bond acceptors (Lipinski definition) is 3. The Morgan fingerprint density at radius 3 is 2.76 bits per heavy atom. The molecule has 1 amide bonds. The monoisotopic (exact) mass is 289 g/mol. The predicted octanol–water partition coefficient (Wildman–Crippen LogP) is 2.78. The molecule has 0 aliphatic heterocycles. The Morgan fingerprint density at radius 2 is 2.00 bits per heavy atom. The lowest BCUT2D eigenvalue weighted by Crippen LogP contribution is -2.36. The number of carbonyl (C=O) groups is 1. The van der Waals surface area contributed by atoms with Gasteiger partial charge in [-0.1, -0.05) is 18.2 Å². The van der Waals surface area contributed by atoms with Gasteiger partial charge in [-0.05, 0) is 32.4 Å². The molecule has 2 aromatic rings. The lowest BCUT2D eigenvalue weighted by molar-refractivity contribution is 0.0528. The van der Waals surface area contributed by atoms with Gasteiger partial charge < -0.3 is 20.4 Å². The maximum Gasteiger partial charge on any atom is 0.407 e. The van der Waals surface area contributed by atoms with E-state index in [1.807, 2.05) is 39.1 Å². The minimum atomic E-state index is -0.457. The van der Waals surface area contributed by atoms with E-state index in [0.29, 0.717) is 13.1 Å². The Balaban J connectivity index is 1.70. The minimum Gasteiger partial charge on any atom is -0.444 e. The number of alkyl carbamates (subject to hydrolysis) is 1. The van der Waals surface area contributed by atoms with E-state index in [0.717, 1.165) is 12.1 Å². The van der Waals surface area contributed by atoms with Gasteiger partial charge in [-0.3, -0.25) is 0 Å². The third kappa shape index (κ3) is 4.79. The molecule has 0 saturated heterocycles. The maximum absolute atomic E-state index is 11.5. The molecule has 3 N–H and O–H groups in total. The highest BCUT2D eigenvalue weighted by Gasteiger charge is 2.15. The number of ether oxygens (including phenoxy) is 1. The van der Waals surface area contributed by atoms with Gasteiger partial charge in [-0.25, -0.2) is 4.79 Å². The van der Waals surface area contributed by atoms with E-state index in [9.17, 15) is 4.79 Å². The highest BCUT2D eigenvalue weighted by molar-refractivity contribution is 5.82. The van der Waals surface area contributed by atoms with Crippen LogP contribution in [0.3, 0.4) is 0 Å². The predicted molar refractivity (Wildman–Crippen MR) is 84.2 cm³/mol. The first-order chi connectivity index (χ1) is 9.96. The third-order valence-electron chi connectivity index (χ3n) is 2.96. The fraction of sp³-hybridized carbons (Fsp3) is 0.438. The number of benzene rings is 1. The van der Waals surface area contributed by atoms with Crippen LogP contribution in [0.15, 0.2) is 30.5 Å². The van der Waals surface area contributed by atoms with Gasteiger partial charge in [0, 0.05) is 36.7 Å². The van der Waals surface area contributed by atoms with Crippen molar-refractivity contribution in [1.82, 2.24) is 15.6 Å². The molecule has 0 atom stereocenters. The molecule has 114 valence electrons. The van der Waals surface area contributed by atoms with Crippen LogP contribution < -0.4 is 10.6 Å². The van der Waals surface area contributed by atoms with Gasteiger partial charge in [-0.15, -0.1) is 0 Å². The molecule has 1 aromatic carbocycles. The van der Waals surface area contributed by atoms with Crippen LogP contribution in [0, 0.1) is 0 Å². The van der Waals surface area contributed by atoms with Crippen LogP contribution in [0.25, 0.3) is 10.9 Å². The number of aromatic nitrogens is 1. The zero-order valence-electron chi connectivity index (χ0n) is 12.8. The van der Waals surface area contributed by atoms with Gasteiger partial charge in [0.25, 0.3) is 0 Å². The Bertz CT molecular complexity index is 599. The van der Waals surface area contributed by atoms with E-state index < -0.39 is 5.60 Å². The average Bonchev–Trinajstić information content (AvgIpc) is 2.80. The first-order valence-corrected chi connectivity index (χ1v) is 7.18. The van der Waals surface area contributed by atoms with Crippen LogP contribution in [0.5, 0.6) is 0 Å². The highest BCUT2D eigenvalue weighted by atomic mass is 16.6. The Kier molecular flexibility index (Phi) is 4.85. The van der Waals surface area contributed by atoms with E-state index in [-0.39, 0.29) is 6.09 Å². The van der Waals surface area contributed by atoms with Crippen LogP contribution in [0.1, 0.15) is 26.3 Å². The number of nitrogens with one attached hydrogen (secondary N) is 3. The molecule has 1 heterocycles. The van der Waals surface area contributed by atoms with Gasteiger partial charge in [0.05, 0.1) is 0 Å². The highest BCUT2D eigenvalue weighted by Crippen LogP contribution is 2.16. The molecule has 0 aliphatic rings. The summed E-state index contributed by atoms with van der Waals surface area (Å²) >= 11 is 0. The zero-order chi connectivity index (χ0) is 15.3. The van der Waals surface area contributed by atoms with E-state index in [4.69, 9.17) is 4.74 Å². The summed E-state index contributed by atoms with van der Waals surface area (Å²) < 4.78 is 5.16. The first-order valence-electron chi connectivity index (χ1n) is 7.18. The molecular weight excluding hydrogens is 266 g/mol. The molecule has 0 radical (unpaired) electrons. The number of hydrogen-bond donors (Lipinski definition) is 3. The fourth-order valence-corrected chi connectivity index (χ4v) is 2.07. The molecule has 21 heavy (non-hydrogen) atoms. The summed E-state index contributed by atoms with van der Waals surface area (Å²) in [5.41, 5.74) is 1.91. The maximum atomic E-state index is 11.5. The van der Waals surface area contributed by atoms with Gasteiger partial charge in [0.1, 0.15) is 5.60 Å². The van der Waals surface area contributed by atoms with Crippen molar-refractivity contribution in [2.75, 3.05) is 13.1 Å². The number of rotatable bonds is 5.